The van der Waals surface area contributed by atoms with Gasteiger partial charge in [-0.3, -0.25) is 14.8 Å². The van der Waals surface area contributed by atoms with Gasteiger partial charge in [0.1, 0.15) is 17.3 Å². The van der Waals surface area contributed by atoms with Crippen LogP contribution < -0.4 is 16.0 Å². The van der Waals surface area contributed by atoms with E-state index in [4.69, 9.17) is 0 Å². The Morgan fingerprint density at radius 3 is 2.73 bits per heavy atom. The molecule has 4 aromatic rings. The van der Waals surface area contributed by atoms with Crippen molar-refractivity contribution < 1.29 is 9.18 Å². The van der Waals surface area contributed by atoms with Crippen LogP contribution in [0.25, 0.3) is 11.4 Å². The Morgan fingerprint density at radius 1 is 1.18 bits per heavy atom. The summed E-state index contributed by atoms with van der Waals surface area (Å²) in [4.78, 5) is 26.0. The number of anilines is 2. The third-order valence-electron chi connectivity index (χ3n) is 4.96. The molecule has 0 bridgehead atoms. The number of benzene rings is 1. The fourth-order valence-electron chi connectivity index (χ4n) is 3.21. The van der Waals surface area contributed by atoms with E-state index in [2.05, 4.69) is 36.0 Å². The van der Waals surface area contributed by atoms with Crippen molar-refractivity contribution >= 4 is 29.0 Å². The summed E-state index contributed by atoms with van der Waals surface area (Å²) < 4.78 is 14.9. The zero-order valence-electron chi connectivity index (χ0n) is 18.1. The van der Waals surface area contributed by atoms with E-state index in [-0.39, 0.29) is 11.7 Å². The quantitative estimate of drug-likeness (QED) is 0.348. The monoisotopic (exact) mass is 466 g/mol. The Bertz CT molecular complexity index is 1210. The van der Waals surface area contributed by atoms with Crippen molar-refractivity contribution in [2.45, 2.75) is 19.0 Å². The van der Waals surface area contributed by atoms with Crippen molar-refractivity contribution in [1.29, 1.82) is 0 Å². The van der Waals surface area contributed by atoms with Crippen molar-refractivity contribution in [2.75, 3.05) is 17.7 Å². The van der Waals surface area contributed by atoms with Crippen LogP contribution in [-0.2, 0) is 24.8 Å². The lowest BCUT2D eigenvalue weighted by Gasteiger charge is -2.18. The lowest BCUT2D eigenvalue weighted by atomic mass is 10.0. The Kier molecular flexibility index (Phi) is 7.01. The second kappa shape index (κ2) is 10.3. The molecule has 0 fully saturated rings. The number of amides is 1. The number of thiazole rings is 1. The molecule has 3 heterocycles. The smallest absolute Gasteiger partial charge is 0.243 e. The number of carbonyl (C=O) groups excluding carboxylic acids is 1. The second-order valence-electron chi connectivity index (χ2n) is 7.29. The molecule has 9 nitrogen and oxygen atoms in total. The Balaban J connectivity index is 1.51. The minimum Gasteiger partial charge on any atom is -0.357 e. The summed E-state index contributed by atoms with van der Waals surface area (Å²) in [6.45, 7) is 0.438. The third kappa shape index (κ3) is 5.76. The van der Waals surface area contributed by atoms with Crippen LogP contribution in [-0.4, -0.2) is 43.7 Å². The third-order valence-corrected chi connectivity index (χ3v) is 5.59. The Morgan fingerprint density at radius 2 is 2.00 bits per heavy atom. The van der Waals surface area contributed by atoms with Crippen molar-refractivity contribution in [3.63, 3.8) is 0 Å². The van der Waals surface area contributed by atoms with Crippen LogP contribution in [0.3, 0.4) is 0 Å². The van der Waals surface area contributed by atoms with Gasteiger partial charge in [0.05, 0.1) is 22.9 Å². The fourth-order valence-corrected chi connectivity index (χ4v) is 3.77. The highest BCUT2D eigenvalue weighted by atomic mass is 32.1. The number of aryl methyl sites for hydroxylation is 1. The maximum absolute atomic E-state index is 13.3. The SMILES string of the molecule is CNc1nccc(-c2cc(NC(=O)C(Cc3ccc(F)cc3)NCc3cscn3)n(C)n2)n1. The molecule has 3 N–H and O–H groups in total. The molecule has 0 aliphatic rings. The molecule has 170 valence electrons. The van der Waals surface area contributed by atoms with Crippen LogP contribution in [0.4, 0.5) is 16.2 Å². The average Bonchev–Trinajstić information content (AvgIpc) is 3.48. The van der Waals surface area contributed by atoms with Crippen molar-refractivity contribution in [3.8, 4) is 11.4 Å². The lowest BCUT2D eigenvalue weighted by Crippen LogP contribution is -2.42. The molecule has 0 spiro atoms. The van der Waals surface area contributed by atoms with Crippen molar-refractivity contribution in [1.82, 2.24) is 30.0 Å². The van der Waals surface area contributed by atoms with Gasteiger partial charge in [0.15, 0.2) is 0 Å². The Hall–Kier alpha value is -3.70. The molecule has 1 amide bonds. The highest BCUT2D eigenvalue weighted by Gasteiger charge is 2.21. The first kappa shape index (κ1) is 22.5. The summed E-state index contributed by atoms with van der Waals surface area (Å²) in [6, 6.07) is 9.08. The highest BCUT2D eigenvalue weighted by Crippen LogP contribution is 2.20. The zero-order valence-corrected chi connectivity index (χ0v) is 18.9. The van der Waals surface area contributed by atoms with Gasteiger partial charge in [-0.1, -0.05) is 12.1 Å². The van der Waals surface area contributed by atoms with Gasteiger partial charge in [0.2, 0.25) is 11.9 Å². The number of nitrogens with zero attached hydrogens (tertiary/aromatic N) is 5. The van der Waals surface area contributed by atoms with E-state index in [1.165, 1.54) is 23.5 Å². The molecular formula is C22H23FN8OS. The second-order valence-corrected chi connectivity index (χ2v) is 8.01. The van der Waals surface area contributed by atoms with Gasteiger partial charge < -0.3 is 10.6 Å². The van der Waals surface area contributed by atoms with Crippen LogP contribution in [0.1, 0.15) is 11.3 Å². The zero-order chi connectivity index (χ0) is 23.2. The van der Waals surface area contributed by atoms with E-state index in [9.17, 15) is 9.18 Å². The first-order chi connectivity index (χ1) is 16.0. The molecule has 33 heavy (non-hydrogen) atoms. The van der Waals surface area contributed by atoms with Gasteiger partial charge in [-0.15, -0.1) is 11.3 Å². The lowest BCUT2D eigenvalue weighted by molar-refractivity contribution is -0.118. The normalized spacial score (nSPS) is 11.8. The summed E-state index contributed by atoms with van der Waals surface area (Å²) in [6.07, 6.45) is 2.03. The molecule has 11 heteroatoms. The van der Waals surface area contributed by atoms with E-state index in [1.54, 1.807) is 54.7 Å². The van der Waals surface area contributed by atoms with Crippen LogP contribution >= 0.6 is 11.3 Å². The van der Waals surface area contributed by atoms with E-state index in [1.807, 2.05) is 5.38 Å². The van der Waals surface area contributed by atoms with Crippen molar-refractivity contribution in [3.05, 3.63) is 70.6 Å². The molecule has 0 saturated heterocycles. The minimum absolute atomic E-state index is 0.234. The molecule has 0 aliphatic heterocycles. The fraction of sp³-hybridized carbons (Fsp3) is 0.227. The largest absolute Gasteiger partial charge is 0.357 e. The van der Waals surface area contributed by atoms with E-state index < -0.39 is 6.04 Å². The number of halogens is 1. The molecular weight excluding hydrogens is 443 g/mol. The van der Waals surface area contributed by atoms with Gasteiger partial charge in [0.25, 0.3) is 0 Å². The van der Waals surface area contributed by atoms with E-state index in [0.29, 0.717) is 36.1 Å². The van der Waals surface area contributed by atoms with Gasteiger partial charge in [-0.05, 0) is 30.2 Å². The van der Waals surface area contributed by atoms with Crippen LogP contribution in [0.2, 0.25) is 0 Å². The number of rotatable bonds is 9. The van der Waals surface area contributed by atoms with Gasteiger partial charge in [0, 0.05) is 38.3 Å². The molecule has 0 aliphatic carbocycles. The number of nitrogens with one attached hydrogen (secondary N) is 3. The summed E-state index contributed by atoms with van der Waals surface area (Å²) in [7, 11) is 3.49. The standard InChI is InChI=1S/C22H23FN8OS/c1-24-22-25-8-7-17(28-22)18-10-20(31(2)30-18)29-21(32)19(26-11-16-12-33-13-27-16)9-14-3-5-15(23)6-4-14/h3-8,10,12-13,19,26H,9,11H2,1-2H3,(H,29,32)(H,24,25,28). The molecule has 0 saturated carbocycles. The van der Waals surface area contributed by atoms with Crippen LogP contribution in [0, 0.1) is 5.82 Å². The first-order valence-electron chi connectivity index (χ1n) is 10.2. The molecule has 1 aromatic carbocycles. The topological polar surface area (TPSA) is 110 Å². The summed E-state index contributed by atoms with van der Waals surface area (Å²) in [5, 5.41) is 15.5. The average molecular weight is 467 g/mol. The molecule has 4 rings (SSSR count). The number of hydrogen-bond donors (Lipinski definition) is 3. The maximum Gasteiger partial charge on any atom is 0.243 e. The summed E-state index contributed by atoms with van der Waals surface area (Å²) in [5.41, 5.74) is 4.68. The predicted molar refractivity (Wildman–Crippen MR) is 125 cm³/mol. The van der Waals surface area contributed by atoms with Crippen molar-refractivity contribution in [2.24, 2.45) is 7.05 Å². The van der Waals surface area contributed by atoms with E-state index in [0.717, 1.165) is 11.3 Å². The number of hydrogen-bond acceptors (Lipinski definition) is 8. The molecule has 0 radical (unpaired) electrons. The Labute approximate surface area is 194 Å². The van der Waals surface area contributed by atoms with Crippen LogP contribution in [0.15, 0.2) is 53.5 Å². The predicted octanol–water partition coefficient (Wildman–Crippen LogP) is 2.85. The highest BCUT2D eigenvalue weighted by molar-refractivity contribution is 7.07. The molecule has 1 atom stereocenters. The number of carbonyl (C=O) groups is 1. The minimum atomic E-state index is -0.564. The first-order valence-corrected chi connectivity index (χ1v) is 11.2. The summed E-state index contributed by atoms with van der Waals surface area (Å²) in [5.74, 6) is 0.458. The summed E-state index contributed by atoms with van der Waals surface area (Å²) >= 11 is 1.49. The maximum atomic E-state index is 13.3. The van der Waals surface area contributed by atoms with Gasteiger partial charge in [-0.25, -0.2) is 19.3 Å². The molecule has 3 aromatic heterocycles. The number of aromatic nitrogens is 5. The van der Waals surface area contributed by atoms with E-state index >= 15 is 0 Å². The van der Waals surface area contributed by atoms with Crippen LogP contribution in [0.5, 0.6) is 0 Å². The van der Waals surface area contributed by atoms with Gasteiger partial charge in [-0.2, -0.15) is 5.10 Å². The van der Waals surface area contributed by atoms with Gasteiger partial charge >= 0.3 is 0 Å². The molecule has 1 unspecified atom stereocenters.